The van der Waals surface area contributed by atoms with Gasteiger partial charge in [-0.2, -0.15) is 0 Å². The molecular weight excluding hydrogens is 254 g/mol. The van der Waals surface area contributed by atoms with Gasteiger partial charge in [-0.1, -0.05) is 6.92 Å². The Kier molecular flexibility index (Phi) is 4.76. The molecule has 5 nitrogen and oxygen atoms in total. The zero-order chi connectivity index (χ0) is 14.4. The van der Waals surface area contributed by atoms with Crippen LogP contribution in [0.1, 0.15) is 13.3 Å². The maximum Gasteiger partial charge on any atom is 0.148 e. The number of ether oxygens (including phenoxy) is 2. The molecule has 0 aliphatic heterocycles. The first-order chi connectivity index (χ1) is 9.78. The predicted octanol–water partition coefficient (Wildman–Crippen LogP) is 2.98. The molecule has 1 heterocycles. The largest absolute Gasteiger partial charge is 0.497 e. The molecule has 0 spiro atoms. The molecule has 0 amide bonds. The summed E-state index contributed by atoms with van der Waals surface area (Å²) < 4.78 is 10.6. The Morgan fingerprint density at radius 1 is 1.05 bits per heavy atom. The van der Waals surface area contributed by atoms with Crippen molar-refractivity contribution < 1.29 is 9.47 Å². The smallest absolute Gasteiger partial charge is 0.148 e. The molecular formula is C15H19N3O2. The zero-order valence-corrected chi connectivity index (χ0v) is 12.0. The minimum Gasteiger partial charge on any atom is -0.497 e. The third-order valence-corrected chi connectivity index (χ3v) is 2.91. The van der Waals surface area contributed by atoms with Crippen LogP contribution in [0.2, 0.25) is 0 Å². The first-order valence-electron chi connectivity index (χ1n) is 6.58. The van der Waals surface area contributed by atoms with Crippen LogP contribution >= 0.6 is 0 Å². The molecule has 0 aliphatic carbocycles. The monoisotopic (exact) mass is 273 g/mol. The number of hydrogen-bond donors (Lipinski definition) is 1. The highest BCUT2D eigenvalue weighted by molar-refractivity contribution is 5.68. The zero-order valence-electron chi connectivity index (χ0n) is 12.0. The first kappa shape index (κ1) is 14.1. The molecule has 5 heteroatoms. The lowest BCUT2D eigenvalue weighted by Crippen LogP contribution is -2.03. The van der Waals surface area contributed by atoms with Crippen molar-refractivity contribution in [2.45, 2.75) is 13.3 Å². The second kappa shape index (κ2) is 6.75. The van der Waals surface area contributed by atoms with Gasteiger partial charge in [0.25, 0.3) is 0 Å². The van der Waals surface area contributed by atoms with Gasteiger partial charge in [0, 0.05) is 18.2 Å². The van der Waals surface area contributed by atoms with Crippen molar-refractivity contribution in [3.63, 3.8) is 0 Å². The molecule has 1 aromatic heterocycles. The van der Waals surface area contributed by atoms with Crippen molar-refractivity contribution in [3.05, 3.63) is 30.3 Å². The van der Waals surface area contributed by atoms with Crippen molar-refractivity contribution in [2.75, 3.05) is 26.1 Å². The summed E-state index contributed by atoms with van der Waals surface area (Å²) in [6.07, 6.45) is 1.05. The van der Waals surface area contributed by atoms with Crippen LogP contribution in [-0.4, -0.2) is 31.0 Å². The Morgan fingerprint density at radius 2 is 1.90 bits per heavy atom. The number of benzene rings is 1. The standard InChI is InChI=1S/C15H19N3O2/c1-4-9-16-15-8-7-13(17-18-15)12-6-5-11(19-2)10-14(12)20-3/h5-8,10H,4,9H2,1-3H3,(H,16,18). The average molecular weight is 273 g/mol. The lowest BCUT2D eigenvalue weighted by molar-refractivity contribution is 0.395. The fraction of sp³-hybridized carbons (Fsp3) is 0.333. The van der Waals surface area contributed by atoms with Crippen molar-refractivity contribution in [2.24, 2.45) is 0 Å². The van der Waals surface area contributed by atoms with E-state index in [-0.39, 0.29) is 0 Å². The van der Waals surface area contributed by atoms with Gasteiger partial charge < -0.3 is 14.8 Å². The summed E-state index contributed by atoms with van der Waals surface area (Å²) in [6, 6.07) is 9.47. The summed E-state index contributed by atoms with van der Waals surface area (Å²) in [7, 11) is 3.26. The highest BCUT2D eigenvalue weighted by Gasteiger charge is 2.09. The van der Waals surface area contributed by atoms with E-state index in [1.165, 1.54) is 0 Å². The summed E-state index contributed by atoms with van der Waals surface area (Å²) >= 11 is 0. The minimum atomic E-state index is 0.716. The van der Waals surface area contributed by atoms with Gasteiger partial charge in [-0.05, 0) is 30.7 Å². The number of methoxy groups -OCH3 is 2. The lowest BCUT2D eigenvalue weighted by Gasteiger charge is -2.10. The van der Waals surface area contributed by atoms with Crippen LogP contribution in [-0.2, 0) is 0 Å². The van der Waals surface area contributed by atoms with Gasteiger partial charge in [0.2, 0.25) is 0 Å². The Morgan fingerprint density at radius 3 is 2.50 bits per heavy atom. The number of aromatic nitrogens is 2. The molecule has 20 heavy (non-hydrogen) atoms. The Hall–Kier alpha value is -2.30. The lowest BCUT2D eigenvalue weighted by atomic mass is 10.1. The van der Waals surface area contributed by atoms with Crippen LogP contribution in [0.3, 0.4) is 0 Å². The second-order valence-corrected chi connectivity index (χ2v) is 4.30. The second-order valence-electron chi connectivity index (χ2n) is 4.30. The maximum atomic E-state index is 5.37. The SMILES string of the molecule is CCCNc1ccc(-c2ccc(OC)cc2OC)nn1. The van der Waals surface area contributed by atoms with Crippen molar-refractivity contribution in [1.82, 2.24) is 10.2 Å². The summed E-state index contributed by atoms with van der Waals surface area (Å²) in [6.45, 7) is 3.00. The number of nitrogens with one attached hydrogen (secondary N) is 1. The van der Waals surface area contributed by atoms with E-state index in [2.05, 4.69) is 22.4 Å². The molecule has 0 saturated heterocycles. The van der Waals surface area contributed by atoms with Gasteiger partial charge in [0.15, 0.2) is 0 Å². The molecule has 106 valence electrons. The molecule has 0 radical (unpaired) electrons. The van der Waals surface area contributed by atoms with Gasteiger partial charge in [0.1, 0.15) is 17.3 Å². The molecule has 0 fully saturated rings. The van der Waals surface area contributed by atoms with Gasteiger partial charge in [-0.15, -0.1) is 10.2 Å². The van der Waals surface area contributed by atoms with E-state index in [0.29, 0.717) is 5.75 Å². The number of rotatable bonds is 6. The van der Waals surface area contributed by atoms with Gasteiger partial charge in [-0.25, -0.2) is 0 Å². The predicted molar refractivity (Wildman–Crippen MR) is 79.4 cm³/mol. The quantitative estimate of drug-likeness (QED) is 0.876. The summed E-state index contributed by atoms with van der Waals surface area (Å²) in [5.74, 6) is 2.25. The highest BCUT2D eigenvalue weighted by atomic mass is 16.5. The first-order valence-corrected chi connectivity index (χ1v) is 6.58. The van der Waals surface area contributed by atoms with Gasteiger partial charge in [-0.3, -0.25) is 0 Å². The van der Waals surface area contributed by atoms with E-state index in [0.717, 1.165) is 35.8 Å². The van der Waals surface area contributed by atoms with Gasteiger partial charge >= 0.3 is 0 Å². The third-order valence-electron chi connectivity index (χ3n) is 2.91. The molecule has 0 saturated carbocycles. The van der Waals surface area contributed by atoms with Crippen LogP contribution in [0, 0.1) is 0 Å². The molecule has 2 aromatic rings. The van der Waals surface area contributed by atoms with Crippen LogP contribution < -0.4 is 14.8 Å². The Labute approximate surface area is 118 Å². The topological polar surface area (TPSA) is 56.3 Å². The van der Waals surface area contributed by atoms with E-state index in [1.54, 1.807) is 14.2 Å². The molecule has 0 unspecified atom stereocenters. The number of nitrogens with zero attached hydrogens (tertiary/aromatic N) is 2. The number of anilines is 1. The Bertz CT molecular complexity index is 556. The molecule has 0 atom stereocenters. The molecule has 0 bridgehead atoms. The van der Waals surface area contributed by atoms with Gasteiger partial charge in [0.05, 0.1) is 19.9 Å². The minimum absolute atomic E-state index is 0.716. The fourth-order valence-corrected chi connectivity index (χ4v) is 1.83. The van der Waals surface area contributed by atoms with E-state index < -0.39 is 0 Å². The molecule has 0 aliphatic rings. The van der Waals surface area contributed by atoms with E-state index >= 15 is 0 Å². The third kappa shape index (κ3) is 3.17. The summed E-state index contributed by atoms with van der Waals surface area (Å²) in [5, 5.41) is 11.6. The molecule has 2 rings (SSSR count). The van der Waals surface area contributed by atoms with E-state index in [1.807, 2.05) is 30.3 Å². The van der Waals surface area contributed by atoms with Crippen LogP contribution in [0.25, 0.3) is 11.3 Å². The Balaban J connectivity index is 2.26. The normalized spacial score (nSPS) is 10.2. The van der Waals surface area contributed by atoms with Crippen molar-refractivity contribution in [1.29, 1.82) is 0 Å². The fourth-order valence-electron chi connectivity index (χ4n) is 1.83. The average Bonchev–Trinajstić information content (AvgIpc) is 2.52. The maximum absolute atomic E-state index is 5.37. The number of hydrogen-bond acceptors (Lipinski definition) is 5. The van der Waals surface area contributed by atoms with Crippen LogP contribution in [0.15, 0.2) is 30.3 Å². The summed E-state index contributed by atoms with van der Waals surface area (Å²) in [4.78, 5) is 0. The van der Waals surface area contributed by atoms with E-state index in [9.17, 15) is 0 Å². The highest BCUT2D eigenvalue weighted by Crippen LogP contribution is 2.31. The van der Waals surface area contributed by atoms with Crippen LogP contribution in [0.4, 0.5) is 5.82 Å². The van der Waals surface area contributed by atoms with Crippen LogP contribution in [0.5, 0.6) is 11.5 Å². The molecule has 1 aromatic carbocycles. The molecule has 1 N–H and O–H groups in total. The van der Waals surface area contributed by atoms with Crippen molar-refractivity contribution in [3.8, 4) is 22.8 Å². The van der Waals surface area contributed by atoms with E-state index in [4.69, 9.17) is 9.47 Å². The van der Waals surface area contributed by atoms with Crippen molar-refractivity contribution >= 4 is 5.82 Å². The summed E-state index contributed by atoms with van der Waals surface area (Å²) in [5.41, 5.74) is 1.66.